The quantitative estimate of drug-likeness (QED) is 0.766. The molecule has 1 rings (SSSR count). The average molecular weight is 208 g/mol. The van der Waals surface area contributed by atoms with Gasteiger partial charge < -0.3 is 5.11 Å². The maximum atomic E-state index is 10.6. The highest BCUT2D eigenvalue weighted by Crippen LogP contribution is 2.13. The summed E-state index contributed by atoms with van der Waals surface area (Å²) in [6.07, 6.45) is 3.99. The van der Waals surface area contributed by atoms with Gasteiger partial charge >= 0.3 is 5.97 Å². The van der Waals surface area contributed by atoms with Crippen molar-refractivity contribution in [3.8, 4) is 0 Å². The molecule has 0 aliphatic heterocycles. The van der Waals surface area contributed by atoms with Crippen LogP contribution >= 0.6 is 0 Å². The Labute approximate surface area is 89.2 Å². The smallest absolute Gasteiger partial charge is 0.307 e. The molecule has 0 atom stereocenters. The summed E-state index contributed by atoms with van der Waals surface area (Å²) in [6, 6.07) is 0. The van der Waals surface area contributed by atoms with Gasteiger partial charge in [-0.3, -0.25) is 9.48 Å². The van der Waals surface area contributed by atoms with Gasteiger partial charge in [0.1, 0.15) is 0 Å². The van der Waals surface area contributed by atoms with E-state index in [1.165, 1.54) is 0 Å². The molecule has 0 saturated heterocycles. The summed E-state index contributed by atoms with van der Waals surface area (Å²) in [5.41, 5.74) is 2.57. The summed E-state index contributed by atoms with van der Waals surface area (Å²) < 4.78 is 1.83. The molecule has 0 spiro atoms. The van der Waals surface area contributed by atoms with E-state index in [2.05, 4.69) is 5.10 Å². The molecule has 1 aromatic heterocycles. The summed E-state index contributed by atoms with van der Waals surface area (Å²) in [7, 11) is 0. The number of allylic oxidation sites excluding steroid dienone is 2. The lowest BCUT2D eigenvalue weighted by molar-refractivity contribution is -0.136. The van der Waals surface area contributed by atoms with Crippen LogP contribution in [0, 0.1) is 13.8 Å². The number of aromatic nitrogens is 2. The number of aliphatic carboxylic acids is 1. The lowest BCUT2D eigenvalue weighted by atomic mass is 10.1. The zero-order chi connectivity index (χ0) is 11.4. The molecule has 0 unspecified atom stereocenters. The molecule has 1 aromatic rings. The van der Waals surface area contributed by atoms with Crippen molar-refractivity contribution >= 4 is 5.97 Å². The van der Waals surface area contributed by atoms with E-state index in [4.69, 9.17) is 5.11 Å². The van der Waals surface area contributed by atoms with Gasteiger partial charge in [0, 0.05) is 11.3 Å². The highest BCUT2D eigenvalue weighted by molar-refractivity contribution is 5.70. The Morgan fingerprint density at radius 2 is 2.20 bits per heavy atom. The van der Waals surface area contributed by atoms with Crippen molar-refractivity contribution < 1.29 is 9.90 Å². The number of carbonyl (C=O) groups is 1. The Morgan fingerprint density at radius 1 is 1.53 bits per heavy atom. The highest BCUT2D eigenvalue weighted by atomic mass is 16.4. The van der Waals surface area contributed by atoms with Crippen LogP contribution in [0.15, 0.2) is 12.2 Å². The van der Waals surface area contributed by atoms with Crippen LogP contribution in [-0.2, 0) is 17.8 Å². The third kappa shape index (κ3) is 2.68. The summed E-state index contributed by atoms with van der Waals surface area (Å²) in [4.78, 5) is 10.6. The maximum absolute atomic E-state index is 10.6. The van der Waals surface area contributed by atoms with Crippen LogP contribution in [0.25, 0.3) is 0 Å². The first-order valence-corrected chi connectivity index (χ1v) is 4.92. The van der Waals surface area contributed by atoms with Crippen LogP contribution in [0.4, 0.5) is 0 Å². The number of carboxylic acids is 1. The van der Waals surface area contributed by atoms with Gasteiger partial charge in [-0.25, -0.2) is 0 Å². The minimum absolute atomic E-state index is 0.0491. The zero-order valence-electron chi connectivity index (χ0n) is 9.32. The molecule has 0 bridgehead atoms. The number of nitrogens with zero attached hydrogens (tertiary/aromatic N) is 2. The van der Waals surface area contributed by atoms with E-state index in [0.29, 0.717) is 6.54 Å². The van der Waals surface area contributed by atoms with Crippen molar-refractivity contribution in [1.82, 2.24) is 9.78 Å². The summed E-state index contributed by atoms with van der Waals surface area (Å²) in [5.74, 6) is -0.813. The van der Waals surface area contributed by atoms with Crippen LogP contribution in [-0.4, -0.2) is 20.9 Å². The molecule has 0 aromatic carbocycles. The SMILES string of the molecule is CC=CCn1nc(C)c(CC(=O)O)c1C. The molecule has 4 heteroatoms. The van der Waals surface area contributed by atoms with Crippen molar-refractivity contribution in [2.45, 2.75) is 33.7 Å². The Kier molecular flexibility index (Phi) is 3.66. The third-order valence-electron chi connectivity index (χ3n) is 2.37. The van der Waals surface area contributed by atoms with E-state index in [1.807, 2.05) is 37.6 Å². The minimum Gasteiger partial charge on any atom is -0.481 e. The molecule has 1 heterocycles. The number of hydrogen-bond donors (Lipinski definition) is 1. The number of aryl methyl sites for hydroxylation is 1. The third-order valence-corrected chi connectivity index (χ3v) is 2.37. The van der Waals surface area contributed by atoms with Crippen LogP contribution in [0.2, 0.25) is 0 Å². The van der Waals surface area contributed by atoms with Crippen LogP contribution < -0.4 is 0 Å². The predicted molar refractivity (Wildman–Crippen MR) is 57.9 cm³/mol. The first kappa shape index (κ1) is 11.5. The van der Waals surface area contributed by atoms with E-state index in [1.54, 1.807) is 0 Å². The van der Waals surface area contributed by atoms with Gasteiger partial charge in [0.15, 0.2) is 0 Å². The maximum Gasteiger partial charge on any atom is 0.307 e. The summed E-state index contributed by atoms with van der Waals surface area (Å²) in [6.45, 7) is 6.39. The fraction of sp³-hybridized carbons (Fsp3) is 0.455. The first-order valence-electron chi connectivity index (χ1n) is 4.92. The van der Waals surface area contributed by atoms with Crippen molar-refractivity contribution in [3.05, 3.63) is 29.1 Å². The van der Waals surface area contributed by atoms with Gasteiger partial charge in [0.05, 0.1) is 18.7 Å². The van der Waals surface area contributed by atoms with Crippen molar-refractivity contribution in [1.29, 1.82) is 0 Å². The molecule has 0 aliphatic rings. The molecule has 0 aliphatic carbocycles. The number of carboxylic acid groups (broad SMARTS) is 1. The van der Waals surface area contributed by atoms with E-state index in [0.717, 1.165) is 17.0 Å². The number of rotatable bonds is 4. The minimum atomic E-state index is -0.813. The van der Waals surface area contributed by atoms with Crippen molar-refractivity contribution in [3.63, 3.8) is 0 Å². The van der Waals surface area contributed by atoms with Gasteiger partial charge in [0.25, 0.3) is 0 Å². The normalized spacial score (nSPS) is 11.1. The Bertz CT molecular complexity index is 392. The number of hydrogen-bond acceptors (Lipinski definition) is 2. The fourth-order valence-electron chi connectivity index (χ4n) is 1.52. The Balaban J connectivity index is 2.97. The monoisotopic (exact) mass is 208 g/mol. The van der Waals surface area contributed by atoms with E-state index >= 15 is 0 Å². The van der Waals surface area contributed by atoms with Crippen molar-refractivity contribution in [2.24, 2.45) is 0 Å². The Hall–Kier alpha value is -1.58. The van der Waals surface area contributed by atoms with Crippen LogP contribution in [0.1, 0.15) is 23.9 Å². The second kappa shape index (κ2) is 4.77. The fourth-order valence-corrected chi connectivity index (χ4v) is 1.52. The zero-order valence-corrected chi connectivity index (χ0v) is 9.32. The largest absolute Gasteiger partial charge is 0.481 e. The first-order chi connectivity index (χ1) is 7.06. The topological polar surface area (TPSA) is 55.1 Å². The summed E-state index contributed by atoms with van der Waals surface area (Å²) in [5, 5.41) is 13.1. The van der Waals surface area contributed by atoms with Crippen molar-refractivity contribution in [2.75, 3.05) is 0 Å². The second-order valence-electron chi connectivity index (χ2n) is 3.47. The van der Waals surface area contributed by atoms with E-state index in [9.17, 15) is 4.79 Å². The molecular weight excluding hydrogens is 192 g/mol. The van der Waals surface area contributed by atoms with Gasteiger partial charge in [0.2, 0.25) is 0 Å². The molecular formula is C11H16N2O2. The standard InChI is InChI=1S/C11H16N2O2/c1-4-5-6-13-9(3)10(7-11(14)15)8(2)12-13/h4-5H,6-7H2,1-3H3,(H,14,15). The highest BCUT2D eigenvalue weighted by Gasteiger charge is 2.13. The van der Waals surface area contributed by atoms with Crippen LogP contribution in [0.5, 0.6) is 0 Å². The lowest BCUT2D eigenvalue weighted by Crippen LogP contribution is -2.04. The van der Waals surface area contributed by atoms with Gasteiger partial charge in [-0.1, -0.05) is 12.2 Å². The molecule has 0 saturated carbocycles. The van der Waals surface area contributed by atoms with Crippen LogP contribution in [0.3, 0.4) is 0 Å². The summed E-state index contributed by atoms with van der Waals surface area (Å²) >= 11 is 0. The lowest BCUT2D eigenvalue weighted by Gasteiger charge is -2.00. The molecule has 4 nitrogen and oxygen atoms in total. The molecule has 15 heavy (non-hydrogen) atoms. The Morgan fingerprint density at radius 3 is 2.73 bits per heavy atom. The van der Waals surface area contributed by atoms with Gasteiger partial charge in [-0.15, -0.1) is 0 Å². The molecule has 0 radical (unpaired) electrons. The predicted octanol–water partition coefficient (Wildman–Crippen LogP) is 1.70. The molecule has 0 fully saturated rings. The van der Waals surface area contributed by atoms with E-state index in [-0.39, 0.29) is 6.42 Å². The van der Waals surface area contributed by atoms with Gasteiger partial charge in [-0.2, -0.15) is 5.10 Å². The van der Waals surface area contributed by atoms with E-state index < -0.39 is 5.97 Å². The molecule has 0 amide bonds. The second-order valence-corrected chi connectivity index (χ2v) is 3.47. The molecule has 82 valence electrons. The average Bonchev–Trinajstić information content (AvgIpc) is 2.42. The van der Waals surface area contributed by atoms with Gasteiger partial charge in [-0.05, 0) is 20.8 Å². The molecule has 1 N–H and O–H groups in total.